The van der Waals surface area contributed by atoms with Crippen molar-refractivity contribution in [2.24, 2.45) is 5.41 Å². The Kier molecular flexibility index (Phi) is 3.06. The molecule has 0 atom stereocenters. The first-order valence-electron chi connectivity index (χ1n) is 6.20. The summed E-state index contributed by atoms with van der Waals surface area (Å²) in [7, 11) is 2.25. The van der Waals surface area contributed by atoms with Crippen molar-refractivity contribution in [3.63, 3.8) is 0 Å². The van der Waals surface area contributed by atoms with Gasteiger partial charge >= 0.3 is 0 Å². The number of hydrogen-bond donors (Lipinski definition) is 0. The van der Waals surface area contributed by atoms with Gasteiger partial charge in [0.2, 0.25) is 0 Å². The van der Waals surface area contributed by atoms with E-state index in [2.05, 4.69) is 30.4 Å². The van der Waals surface area contributed by atoms with E-state index in [0.29, 0.717) is 5.41 Å². The fraction of sp³-hybridized carbons (Fsp3) is 0.846. The van der Waals surface area contributed by atoms with E-state index >= 15 is 0 Å². The van der Waals surface area contributed by atoms with Gasteiger partial charge in [-0.05, 0) is 58.2 Å². The molecule has 0 unspecified atom stereocenters. The average molecular weight is 208 g/mol. The largest absolute Gasteiger partial charge is 0.375 e. The van der Waals surface area contributed by atoms with Gasteiger partial charge in [-0.3, -0.25) is 0 Å². The monoisotopic (exact) mass is 208 g/mol. The van der Waals surface area contributed by atoms with Crippen LogP contribution in [-0.4, -0.2) is 43.0 Å². The zero-order chi connectivity index (χ0) is 10.9. The lowest BCUT2D eigenvalue weighted by Crippen LogP contribution is -2.45. The van der Waals surface area contributed by atoms with E-state index in [1.807, 2.05) is 0 Å². The number of likely N-dealkylation sites (tertiary alicyclic amines) is 2. The summed E-state index contributed by atoms with van der Waals surface area (Å²) >= 11 is 0. The fourth-order valence-electron chi connectivity index (χ4n) is 2.96. The highest BCUT2D eigenvalue weighted by Gasteiger charge is 2.36. The second-order valence-corrected chi connectivity index (χ2v) is 5.53. The minimum absolute atomic E-state index is 0.679. The number of allylic oxidation sites excluding steroid dienone is 1. The molecule has 0 aromatic rings. The molecular weight excluding hydrogens is 184 g/mol. The summed E-state index contributed by atoms with van der Waals surface area (Å²) in [4.78, 5) is 4.92. The molecule has 2 heterocycles. The molecule has 0 N–H and O–H groups in total. The molecule has 0 aromatic carbocycles. The van der Waals surface area contributed by atoms with Crippen LogP contribution in [-0.2, 0) is 0 Å². The van der Waals surface area contributed by atoms with E-state index in [4.69, 9.17) is 0 Å². The molecule has 0 bridgehead atoms. The Morgan fingerprint density at radius 2 is 1.47 bits per heavy atom. The lowest BCUT2D eigenvalue weighted by atomic mass is 9.71. The van der Waals surface area contributed by atoms with Crippen molar-refractivity contribution < 1.29 is 0 Å². The Bertz CT molecular complexity index is 229. The maximum Gasteiger partial charge on any atom is 0.0180 e. The first-order valence-corrected chi connectivity index (χ1v) is 6.20. The van der Waals surface area contributed by atoms with Crippen LogP contribution in [0.4, 0.5) is 0 Å². The van der Waals surface area contributed by atoms with Gasteiger partial charge in [-0.25, -0.2) is 0 Å². The lowest BCUT2D eigenvalue weighted by Gasteiger charge is -2.47. The second kappa shape index (κ2) is 4.17. The number of hydrogen-bond acceptors (Lipinski definition) is 2. The highest BCUT2D eigenvalue weighted by molar-refractivity contribution is 4.96. The van der Waals surface area contributed by atoms with Crippen molar-refractivity contribution in [2.45, 2.75) is 32.6 Å². The lowest BCUT2D eigenvalue weighted by molar-refractivity contribution is 0.0545. The molecule has 2 aliphatic rings. The molecule has 2 nitrogen and oxygen atoms in total. The molecule has 15 heavy (non-hydrogen) atoms. The SMILES string of the molecule is C=C(C)N1CCC2(CCN(C)CC2)CC1. The van der Waals surface area contributed by atoms with Crippen LogP contribution in [0.2, 0.25) is 0 Å². The Balaban J connectivity index is 1.89. The summed E-state index contributed by atoms with van der Waals surface area (Å²) in [5.41, 5.74) is 1.93. The van der Waals surface area contributed by atoms with Crippen molar-refractivity contribution in [1.82, 2.24) is 9.80 Å². The first-order chi connectivity index (χ1) is 7.11. The Morgan fingerprint density at radius 1 is 1.00 bits per heavy atom. The van der Waals surface area contributed by atoms with E-state index in [9.17, 15) is 0 Å². The van der Waals surface area contributed by atoms with Crippen molar-refractivity contribution in [1.29, 1.82) is 0 Å². The third kappa shape index (κ3) is 2.36. The highest BCUT2D eigenvalue weighted by Crippen LogP contribution is 2.41. The van der Waals surface area contributed by atoms with Gasteiger partial charge < -0.3 is 9.80 Å². The molecule has 0 radical (unpaired) electrons. The minimum Gasteiger partial charge on any atom is -0.375 e. The van der Waals surface area contributed by atoms with Crippen LogP contribution < -0.4 is 0 Å². The minimum atomic E-state index is 0.679. The molecule has 2 aliphatic heterocycles. The molecule has 2 heteroatoms. The Hall–Kier alpha value is -0.500. The predicted octanol–water partition coefficient (Wildman–Crippen LogP) is 2.33. The van der Waals surface area contributed by atoms with Gasteiger partial charge in [0, 0.05) is 18.8 Å². The zero-order valence-electron chi connectivity index (χ0n) is 10.3. The van der Waals surface area contributed by atoms with E-state index in [1.54, 1.807) is 0 Å². The molecular formula is C13H24N2. The maximum absolute atomic E-state index is 4.04. The molecule has 0 aromatic heterocycles. The molecule has 2 fully saturated rings. The standard InChI is InChI=1S/C13H24N2/c1-12(2)15-10-6-13(7-11-15)4-8-14(3)9-5-13/h1,4-11H2,2-3H3. The van der Waals surface area contributed by atoms with Gasteiger partial charge in [0.1, 0.15) is 0 Å². The number of nitrogens with zero attached hydrogens (tertiary/aromatic N) is 2. The first kappa shape index (κ1) is 11.0. The molecule has 1 spiro atoms. The predicted molar refractivity (Wildman–Crippen MR) is 64.8 cm³/mol. The third-order valence-corrected chi connectivity index (χ3v) is 4.41. The van der Waals surface area contributed by atoms with E-state index in [1.165, 1.54) is 57.6 Å². The van der Waals surface area contributed by atoms with Gasteiger partial charge in [-0.2, -0.15) is 0 Å². The van der Waals surface area contributed by atoms with Crippen LogP contribution in [0.15, 0.2) is 12.3 Å². The van der Waals surface area contributed by atoms with Crippen molar-refractivity contribution in [3.05, 3.63) is 12.3 Å². The summed E-state index contributed by atoms with van der Waals surface area (Å²) in [6.07, 6.45) is 5.59. The Labute approximate surface area is 93.9 Å². The van der Waals surface area contributed by atoms with Gasteiger partial charge in [-0.15, -0.1) is 0 Å². The number of piperidine rings is 2. The Morgan fingerprint density at radius 3 is 1.93 bits per heavy atom. The maximum atomic E-state index is 4.04. The fourth-order valence-corrected chi connectivity index (χ4v) is 2.96. The molecule has 2 rings (SSSR count). The van der Waals surface area contributed by atoms with E-state index in [-0.39, 0.29) is 0 Å². The molecule has 0 saturated carbocycles. The van der Waals surface area contributed by atoms with Crippen LogP contribution in [0, 0.1) is 5.41 Å². The van der Waals surface area contributed by atoms with Crippen LogP contribution in [0.5, 0.6) is 0 Å². The van der Waals surface area contributed by atoms with E-state index in [0.717, 1.165) is 0 Å². The van der Waals surface area contributed by atoms with Gasteiger partial charge in [0.25, 0.3) is 0 Å². The van der Waals surface area contributed by atoms with Gasteiger partial charge in [0.05, 0.1) is 0 Å². The van der Waals surface area contributed by atoms with Crippen molar-refractivity contribution in [2.75, 3.05) is 33.2 Å². The molecule has 2 saturated heterocycles. The third-order valence-electron chi connectivity index (χ3n) is 4.41. The average Bonchev–Trinajstić information content (AvgIpc) is 2.24. The van der Waals surface area contributed by atoms with Crippen LogP contribution >= 0.6 is 0 Å². The summed E-state index contributed by atoms with van der Waals surface area (Å²) in [6.45, 7) is 11.2. The smallest absolute Gasteiger partial charge is 0.0180 e. The number of rotatable bonds is 1. The van der Waals surface area contributed by atoms with Crippen LogP contribution in [0.25, 0.3) is 0 Å². The van der Waals surface area contributed by atoms with E-state index < -0.39 is 0 Å². The summed E-state index contributed by atoms with van der Waals surface area (Å²) in [5, 5.41) is 0. The summed E-state index contributed by atoms with van der Waals surface area (Å²) in [5.74, 6) is 0. The summed E-state index contributed by atoms with van der Waals surface area (Å²) < 4.78 is 0. The molecule has 0 amide bonds. The highest BCUT2D eigenvalue weighted by atomic mass is 15.1. The molecule has 0 aliphatic carbocycles. The van der Waals surface area contributed by atoms with Crippen LogP contribution in [0.1, 0.15) is 32.6 Å². The molecule has 86 valence electrons. The quantitative estimate of drug-likeness (QED) is 0.652. The van der Waals surface area contributed by atoms with Gasteiger partial charge in [-0.1, -0.05) is 6.58 Å². The zero-order valence-corrected chi connectivity index (χ0v) is 10.3. The normalized spacial score (nSPS) is 26.9. The van der Waals surface area contributed by atoms with Crippen LogP contribution in [0.3, 0.4) is 0 Å². The summed E-state index contributed by atoms with van der Waals surface area (Å²) in [6, 6.07) is 0. The van der Waals surface area contributed by atoms with Gasteiger partial charge in [0.15, 0.2) is 0 Å². The van der Waals surface area contributed by atoms with Crippen molar-refractivity contribution in [3.8, 4) is 0 Å². The van der Waals surface area contributed by atoms with Crippen molar-refractivity contribution >= 4 is 0 Å². The second-order valence-electron chi connectivity index (χ2n) is 5.53. The topological polar surface area (TPSA) is 6.48 Å².